The third kappa shape index (κ3) is 2.54. The van der Waals surface area contributed by atoms with Gasteiger partial charge in [0.15, 0.2) is 0 Å². The van der Waals surface area contributed by atoms with Crippen molar-refractivity contribution >= 4 is 22.9 Å². The third-order valence-corrected chi connectivity index (χ3v) is 5.30. The van der Waals surface area contributed by atoms with Gasteiger partial charge in [0, 0.05) is 19.5 Å². The largest absolute Gasteiger partial charge is 0.481 e. The summed E-state index contributed by atoms with van der Waals surface area (Å²) in [4.78, 5) is 33.3. The van der Waals surface area contributed by atoms with Crippen molar-refractivity contribution in [3.63, 3.8) is 0 Å². The zero-order chi connectivity index (χ0) is 16.7. The Kier molecular flexibility index (Phi) is 3.53. The molecule has 0 bridgehead atoms. The molecule has 3 heterocycles. The number of aromatic amines is 1. The van der Waals surface area contributed by atoms with E-state index < -0.39 is 17.4 Å². The minimum atomic E-state index is -0.876. The summed E-state index contributed by atoms with van der Waals surface area (Å²) < 4.78 is 0. The predicted octanol–water partition coefficient (Wildman–Crippen LogP) is 1.12. The Bertz CT molecular complexity index is 759. The van der Waals surface area contributed by atoms with Gasteiger partial charge in [0.1, 0.15) is 5.82 Å². The lowest BCUT2D eigenvalue weighted by molar-refractivity contribution is -0.144. The number of imidazole rings is 1. The molecule has 0 radical (unpaired) electrons. The summed E-state index contributed by atoms with van der Waals surface area (Å²) in [5.74, 6) is -0.719. The summed E-state index contributed by atoms with van der Waals surface area (Å²) in [5.41, 5.74) is 1.40. The van der Waals surface area contributed by atoms with E-state index in [1.165, 1.54) is 0 Å². The van der Waals surface area contributed by atoms with Crippen LogP contribution in [0.25, 0.3) is 11.0 Å². The number of carboxylic acids is 1. The number of amides is 1. The average Bonchev–Trinajstić information content (AvgIpc) is 3.10. The van der Waals surface area contributed by atoms with E-state index in [0.717, 1.165) is 29.9 Å². The van der Waals surface area contributed by atoms with Gasteiger partial charge in [-0.25, -0.2) is 4.98 Å². The smallest absolute Gasteiger partial charge is 0.309 e. The second kappa shape index (κ2) is 5.59. The molecule has 2 saturated heterocycles. The number of nitrogens with zero attached hydrogens (tertiary/aromatic N) is 2. The lowest BCUT2D eigenvalue weighted by Crippen LogP contribution is -2.55. The fourth-order valence-corrected chi connectivity index (χ4v) is 4.00. The lowest BCUT2D eigenvalue weighted by Gasteiger charge is -2.41. The van der Waals surface area contributed by atoms with Crippen molar-refractivity contribution < 1.29 is 14.7 Å². The molecule has 2 fully saturated rings. The number of benzene rings is 1. The van der Waals surface area contributed by atoms with Gasteiger partial charge in [-0.05, 0) is 25.0 Å². The second-order valence-corrected chi connectivity index (χ2v) is 6.78. The highest BCUT2D eigenvalue weighted by molar-refractivity contribution is 5.88. The number of carbonyl (C=O) groups excluding carboxylic acids is 1. The van der Waals surface area contributed by atoms with Crippen molar-refractivity contribution in [2.75, 3.05) is 13.1 Å². The van der Waals surface area contributed by atoms with Crippen molar-refractivity contribution in [2.45, 2.75) is 31.3 Å². The summed E-state index contributed by atoms with van der Waals surface area (Å²) in [7, 11) is 0. The van der Waals surface area contributed by atoms with Gasteiger partial charge in [0.05, 0.1) is 29.0 Å². The summed E-state index contributed by atoms with van der Waals surface area (Å²) >= 11 is 0. The number of para-hydroxylation sites is 2. The molecule has 126 valence electrons. The van der Waals surface area contributed by atoms with Crippen LogP contribution in [0.3, 0.4) is 0 Å². The van der Waals surface area contributed by atoms with Crippen LogP contribution in [-0.4, -0.2) is 50.5 Å². The number of nitrogens with one attached hydrogen (secondary N) is 2. The number of aromatic nitrogens is 2. The van der Waals surface area contributed by atoms with Crippen LogP contribution in [0.15, 0.2) is 24.3 Å². The number of aliphatic carboxylic acids is 1. The number of fused-ring (bicyclic) bond motifs is 1. The SMILES string of the molecule is O=C1C[C@H](C(=O)O)C2(CCN(Cc3nc4ccccc4[nH]3)CC2)N1. The number of rotatable bonds is 3. The highest BCUT2D eigenvalue weighted by Gasteiger charge is 2.51. The number of likely N-dealkylation sites (tertiary alicyclic amines) is 1. The molecule has 1 amide bonds. The molecule has 0 aliphatic carbocycles. The molecule has 3 N–H and O–H groups in total. The molecule has 0 unspecified atom stereocenters. The van der Waals surface area contributed by atoms with Crippen molar-refractivity contribution in [1.29, 1.82) is 0 Å². The van der Waals surface area contributed by atoms with E-state index in [1.54, 1.807) is 0 Å². The third-order valence-electron chi connectivity index (χ3n) is 5.30. The molecule has 24 heavy (non-hydrogen) atoms. The Morgan fingerprint density at radius 1 is 1.33 bits per heavy atom. The monoisotopic (exact) mass is 328 g/mol. The molecule has 2 aromatic rings. The van der Waals surface area contributed by atoms with E-state index in [4.69, 9.17) is 0 Å². The number of carboxylic acid groups (broad SMARTS) is 1. The van der Waals surface area contributed by atoms with Crippen LogP contribution in [0.1, 0.15) is 25.1 Å². The van der Waals surface area contributed by atoms with Gasteiger partial charge in [0.2, 0.25) is 5.91 Å². The van der Waals surface area contributed by atoms with Gasteiger partial charge in [-0.2, -0.15) is 0 Å². The van der Waals surface area contributed by atoms with Crippen LogP contribution >= 0.6 is 0 Å². The molecule has 2 aliphatic rings. The Hall–Kier alpha value is -2.41. The fraction of sp³-hybridized carbons (Fsp3) is 0.471. The molecule has 0 saturated carbocycles. The second-order valence-electron chi connectivity index (χ2n) is 6.78. The highest BCUT2D eigenvalue weighted by Crippen LogP contribution is 2.37. The Labute approximate surface area is 139 Å². The minimum Gasteiger partial charge on any atom is -0.481 e. The van der Waals surface area contributed by atoms with Crippen LogP contribution in [0, 0.1) is 5.92 Å². The number of hydrogen-bond donors (Lipinski definition) is 3. The number of piperidine rings is 1. The first-order valence-electron chi connectivity index (χ1n) is 8.25. The molecule has 2 aliphatic heterocycles. The van der Waals surface area contributed by atoms with Gasteiger partial charge in [-0.3, -0.25) is 14.5 Å². The first kappa shape index (κ1) is 15.1. The maximum absolute atomic E-state index is 11.7. The molecule has 4 rings (SSSR count). The summed E-state index contributed by atoms with van der Waals surface area (Å²) in [6.45, 7) is 2.21. The summed E-state index contributed by atoms with van der Waals surface area (Å²) in [5, 5.41) is 12.3. The van der Waals surface area contributed by atoms with E-state index in [1.807, 2.05) is 24.3 Å². The van der Waals surface area contributed by atoms with Crippen molar-refractivity contribution in [3.05, 3.63) is 30.1 Å². The molecular formula is C17H20N4O3. The molecular weight excluding hydrogens is 308 g/mol. The van der Waals surface area contributed by atoms with Crippen molar-refractivity contribution in [2.24, 2.45) is 5.92 Å². The van der Waals surface area contributed by atoms with E-state index in [0.29, 0.717) is 19.4 Å². The molecule has 7 heteroatoms. The maximum atomic E-state index is 11.7. The fourth-order valence-electron chi connectivity index (χ4n) is 4.00. The Morgan fingerprint density at radius 3 is 2.79 bits per heavy atom. The normalized spacial score (nSPS) is 23.7. The molecule has 1 aromatic heterocycles. The average molecular weight is 328 g/mol. The number of hydrogen-bond acceptors (Lipinski definition) is 4. The molecule has 1 aromatic carbocycles. The van der Waals surface area contributed by atoms with E-state index in [-0.39, 0.29) is 12.3 Å². The van der Waals surface area contributed by atoms with Gasteiger partial charge in [-0.1, -0.05) is 12.1 Å². The Morgan fingerprint density at radius 2 is 2.08 bits per heavy atom. The van der Waals surface area contributed by atoms with Gasteiger partial charge in [0.25, 0.3) is 0 Å². The molecule has 1 atom stereocenters. The highest BCUT2D eigenvalue weighted by atomic mass is 16.4. The summed E-state index contributed by atoms with van der Waals surface area (Å²) in [6, 6.07) is 7.92. The van der Waals surface area contributed by atoms with Gasteiger partial charge >= 0.3 is 5.97 Å². The van der Waals surface area contributed by atoms with E-state index in [2.05, 4.69) is 20.2 Å². The van der Waals surface area contributed by atoms with Gasteiger partial charge < -0.3 is 15.4 Å². The van der Waals surface area contributed by atoms with Crippen molar-refractivity contribution in [1.82, 2.24) is 20.2 Å². The van der Waals surface area contributed by atoms with Crippen LogP contribution in [0.5, 0.6) is 0 Å². The van der Waals surface area contributed by atoms with E-state index in [9.17, 15) is 14.7 Å². The van der Waals surface area contributed by atoms with Crippen molar-refractivity contribution in [3.8, 4) is 0 Å². The van der Waals surface area contributed by atoms with Crippen LogP contribution in [0.4, 0.5) is 0 Å². The topological polar surface area (TPSA) is 98.3 Å². The van der Waals surface area contributed by atoms with Crippen LogP contribution in [0.2, 0.25) is 0 Å². The standard InChI is InChI=1S/C17H20N4O3/c22-15-9-11(16(23)24)17(20-15)5-7-21(8-6-17)10-14-18-12-3-1-2-4-13(12)19-14/h1-4,11H,5-10H2,(H,18,19)(H,20,22)(H,23,24)/t11-/m1/s1. The zero-order valence-corrected chi connectivity index (χ0v) is 13.3. The predicted molar refractivity (Wildman–Crippen MR) is 87.2 cm³/mol. The maximum Gasteiger partial charge on any atom is 0.309 e. The minimum absolute atomic E-state index is 0.0961. The van der Waals surface area contributed by atoms with Gasteiger partial charge in [-0.15, -0.1) is 0 Å². The Balaban J connectivity index is 1.44. The van der Waals surface area contributed by atoms with Crippen LogP contribution in [-0.2, 0) is 16.1 Å². The first-order chi connectivity index (χ1) is 11.6. The first-order valence-corrected chi connectivity index (χ1v) is 8.25. The zero-order valence-electron chi connectivity index (χ0n) is 13.3. The van der Waals surface area contributed by atoms with Crippen LogP contribution < -0.4 is 5.32 Å². The molecule has 1 spiro atoms. The quantitative estimate of drug-likeness (QED) is 0.784. The lowest BCUT2D eigenvalue weighted by atomic mass is 9.78. The van der Waals surface area contributed by atoms with E-state index >= 15 is 0 Å². The number of H-pyrrole nitrogens is 1. The molecule has 7 nitrogen and oxygen atoms in total. The number of carbonyl (C=O) groups is 2. The summed E-state index contributed by atoms with van der Waals surface area (Å²) in [6.07, 6.45) is 1.42.